The van der Waals surface area contributed by atoms with Gasteiger partial charge in [0.05, 0.1) is 5.92 Å². The summed E-state index contributed by atoms with van der Waals surface area (Å²) in [7, 11) is 1.61. The maximum absolute atomic E-state index is 12.6. The van der Waals surface area contributed by atoms with Crippen LogP contribution in [0.3, 0.4) is 0 Å². The number of amides is 3. The van der Waals surface area contributed by atoms with E-state index in [1.165, 1.54) is 6.92 Å². The number of benzene rings is 1. The lowest BCUT2D eigenvalue weighted by molar-refractivity contribution is -0.125. The second-order valence-corrected chi connectivity index (χ2v) is 5.47. The van der Waals surface area contributed by atoms with Crippen LogP contribution in [0, 0.1) is 5.92 Å². The standard InChI is InChI=1S/C16H21N3O3/c1-11(20)18-14-7-3-5-12(9-14)16(22)19-8-4-6-13(10-19)15(21)17-2/h3,5,7,9,13H,4,6,8,10H2,1-2H3,(H,17,21)(H,18,20). The van der Waals surface area contributed by atoms with Crippen LogP contribution in [0.1, 0.15) is 30.1 Å². The summed E-state index contributed by atoms with van der Waals surface area (Å²) in [6, 6.07) is 6.85. The maximum atomic E-state index is 12.6. The molecule has 1 aromatic rings. The number of hydrogen-bond donors (Lipinski definition) is 2. The van der Waals surface area contributed by atoms with Crippen molar-refractivity contribution in [1.29, 1.82) is 0 Å². The highest BCUT2D eigenvalue weighted by molar-refractivity contribution is 5.97. The smallest absolute Gasteiger partial charge is 0.253 e. The minimum Gasteiger partial charge on any atom is -0.359 e. The highest BCUT2D eigenvalue weighted by atomic mass is 16.2. The zero-order valence-corrected chi connectivity index (χ0v) is 12.9. The van der Waals surface area contributed by atoms with Gasteiger partial charge in [0.1, 0.15) is 0 Å². The summed E-state index contributed by atoms with van der Waals surface area (Å²) in [6.07, 6.45) is 1.62. The van der Waals surface area contributed by atoms with Crippen LogP contribution in [-0.2, 0) is 9.59 Å². The average Bonchev–Trinajstić information content (AvgIpc) is 2.53. The van der Waals surface area contributed by atoms with Crippen molar-refractivity contribution >= 4 is 23.4 Å². The first-order chi connectivity index (χ1) is 10.5. The SMILES string of the molecule is CNC(=O)C1CCCN(C(=O)c2cccc(NC(C)=O)c2)C1. The molecule has 1 aliphatic heterocycles. The number of piperidine rings is 1. The summed E-state index contributed by atoms with van der Waals surface area (Å²) in [5.74, 6) is -0.464. The maximum Gasteiger partial charge on any atom is 0.253 e. The predicted octanol–water partition coefficient (Wildman–Crippen LogP) is 1.24. The molecule has 1 heterocycles. The van der Waals surface area contributed by atoms with Gasteiger partial charge in [0.15, 0.2) is 0 Å². The Kier molecular flexibility index (Phi) is 5.14. The number of nitrogens with one attached hydrogen (secondary N) is 2. The van der Waals surface area contributed by atoms with Gasteiger partial charge >= 0.3 is 0 Å². The predicted molar refractivity (Wildman–Crippen MR) is 83.4 cm³/mol. The van der Waals surface area contributed by atoms with Crippen LogP contribution < -0.4 is 10.6 Å². The van der Waals surface area contributed by atoms with Gasteiger partial charge in [0, 0.05) is 38.3 Å². The van der Waals surface area contributed by atoms with Crippen molar-refractivity contribution in [3.8, 4) is 0 Å². The Morgan fingerprint density at radius 3 is 2.73 bits per heavy atom. The minimum atomic E-state index is -0.178. The largest absolute Gasteiger partial charge is 0.359 e. The summed E-state index contributed by atoms with van der Waals surface area (Å²) in [4.78, 5) is 37.1. The van der Waals surface area contributed by atoms with Gasteiger partial charge in [-0.3, -0.25) is 14.4 Å². The Morgan fingerprint density at radius 1 is 1.27 bits per heavy atom. The molecule has 118 valence electrons. The molecule has 1 aromatic carbocycles. The molecule has 1 atom stereocenters. The van der Waals surface area contributed by atoms with Crippen LogP contribution in [0.4, 0.5) is 5.69 Å². The fourth-order valence-electron chi connectivity index (χ4n) is 2.70. The molecule has 2 N–H and O–H groups in total. The topological polar surface area (TPSA) is 78.5 Å². The van der Waals surface area contributed by atoms with E-state index in [1.807, 2.05) is 0 Å². The number of nitrogens with zero attached hydrogens (tertiary/aromatic N) is 1. The third-order valence-corrected chi connectivity index (χ3v) is 3.76. The molecule has 1 saturated heterocycles. The van der Waals surface area contributed by atoms with Gasteiger partial charge in [-0.2, -0.15) is 0 Å². The van der Waals surface area contributed by atoms with Crippen LogP contribution in [-0.4, -0.2) is 42.8 Å². The fraction of sp³-hybridized carbons (Fsp3) is 0.438. The van der Waals surface area contributed by atoms with Gasteiger partial charge in [-0.25, -0.2) is 0 Å². The molecule has 1 aliphatic rings. The van der Waals surface area contributed by atoms with E-state index in [-0.39, 0.29) is 23.6 Å². The first-order valence-electron chi connectivity index (χ1n) is 7.39. The molecule has 0 bridgehead atoms. The molecule has 22 heavy (non-hydrogen) atoms. The van der Waals surface area contributed by atoms with Gasteiger partial charge in [0.2, 0.25) is 11.8 Å². The zero-order chi connectivity index (χ0) is 16.1. The van der Waals surface area contributed by atoms with Crippen molar-refractivity contribution in [2.75, 3.05) is 25.5 Å². The number of likely N-dealkylation sites (tertiary alicyclic amines) is 1. The molecule has 0 radical (unpaired) electrons. The molecule has 2 rings (SSSR count). The van der Waals surface area contributed by atoms with E-state index in [0.29, 0.717) is 24.3 Å². The fourth-order valence-corrected chi connectivity index (χ4v) is 2.70. The zero-order valence-electron chi connectivity index (χ0n) is 12.9. The van der Waals surface area contributed by atoms with Crippen LogP contribution >= 0.6 is 0 Å². The number of carbonyl (C=O) groups excluding carboxylic acids is 3. The van der Waals surface area contributed by atoms with Crippen LogP contribution in [0.15, 0.2) is 24.3 Å². The van der Waals surface area contributed by atoms with Gasteiger partial charge in [-0.1, -0.05) is 6.07 Å². The summed E-state index contributed by atoms with van der Waals surface area (Å²) >= 11 is 0. The number of rotatable bonds is 3. The van der Waals surface area contributed by atoms with E-state index in [9.17, 15) is 14.4 Å². The molecule has 1 fully saturated rings. The molecule has 3 amide bonds. The highest BCUT2D eigenvalue weighted by Gasteiger charge is 2.28. The summed E-state index contributed by atoms with van der Waals surface area (Å²) < 4.78 is 0. The quantitative estimate of drug-likeness (QED) is 0.882. The summed E-state index contributed by atoms with van der Waals surface area (Å²) in [5, 5.41) is 5.31. The van der Waals surface area contributed by atoms with Crippen molar-refractivity contribution < 1.29 is 14.4 Å². The van der Waals surface area contributed by atoms with E-state index in [0.717, 1.165) is 12.8 Å². The van der Waals surface area contributed by atoms with E-state index >= 15 is 0 Å². The Balaban J connectivity index is 2.10. The van der Waals surface area contributed by atoms with Gasteiger partial charge < -0.3 is 15.5 Å². The van der Waals surface area contributed by atoms with Crippen molar-refractivity contribution in [3.05, 3.63) is 29.8 Å². The van der Waals surface area contributed by atoms with Crippen molar-refractivity contribution in [3.63, 3.8) is 0 Å². The molecule has 0 spiro atoms. The Bertz CT molecular complexity index is 586. The summed E-state index contributed by atoms with van der Waals surface area (Å²) in [5.41, 5.74) is 1.11. The lowest BCUT2D eigenvalue weighted by Crippen LogP contribution is -2.44. The molecule has 6 nitrogen and oxygen atoms in total. The monoisotopic (exact) mass is 303 g/mol. The normalized spacial score (nSPS) is 17.7. The van der Waals surface area contributed by atoms with Crippen LogP contribution in [0.5, 0.6) is 0 Å². The van der Waals surface area contributed by atoms with Crippen molar-refractivity contribution in [2.45, 2.75) is 19.8 Å². The number of anilines is 1. The lowest BCUT2D eigenvalue weighted by atomic mass is 9.96. The number of hydrogen-bond acceptors (Lipinski definition) is 3. The van der Waals surface area contributed by atoms with Crippen LogP contribution in [0.25, 0.3) is 0 Å². The molecule has 6 heteroatoms. The van der Waals surface area contributed by atoms with E-state index in [4.69, 9.17) is 0 Å². The molecule has 0 aromatic heterocycles. The molecule has 1 unspecified atom stereocenters. The number of carbonyl (C=O) groups is 3. The first-order valence-corrected chi connectivity index (χ1v) is 7.39. The molecule has 0 saturated carbocycles. The molecule has 0 aliphatic carbocycles. The first kappa shape index (κ1) is 16.0. The molecular formula is C16H21N3O3. The Hall–Kier alpha value is -2.37. The average molecular weight is 303 g/mol. The second kappa shape index (κ2) is 7.06. The third-order valence-electron chi connectivity index (χ3n) is 3.76. The Labute approximate surface area is 129 Å². The Morgan fingerprint density at radius 2 is 2.05 bits per heavy atom. The van der Waals surface area contributed by atoms with Gasteiger partial charge in [0.25, 0.3) is 5.91 Å². The van der Waals surface area contributed by atoms with E-state index < -0.39 is 0 Å². The summed E-state index contributed by atoms with van der Waals surface area (Å²) in [6.45, 7) is 2.51. The van der Waals surface area contributed by atoms with E-state index in [1.54, 1.807) is 36.2 Å². The third kappa shape index (κ3) is 3.84. The van der Waals surface area contributed by atoms with E-state index in [2.05, 4.69) is 10.6 Å². The highest BCUT2D eigenvalue weighted by Crippen LogP contribution is 2.20. The van der Waals surface area contributed by atoms with Crippen molar-refractivity contribution in [1.82, 2.24) is 10.2 Å². The molecular weight excluding hydrogens is 282 g/mol. The van der Waals surface area contributed by atoms with Crippen molar-refractivity contribution in [2.24, 2.45) is 5.92 Å². The lowest BCUT2D eigenvalue weighted by Gasteiger charge is -2.32. The van der Waals surface area contributed by atoms with Gasteiger partial charge in [-0.05, 0) is 31.0 Å². The van der Waals surface area contributed by atoms with Gasteiger partial charge in [-0.15, -0.1) is 0 Å². The minimum absolute atomic E-state index is 0.0236. The second-order valence-electron chi connectivity index (χ2n) is 5.47. The van der Waals surface area contributed by atoms with Crippen LogP contribution in [0.2, 0.25) is 0 Å².